The highest BCUT2D eigenvalue weighted by Crippen LogP contribution is 2.21. The Labute approximate surface area is 350 Å². The van der Waals surface area contributed by atoms with E-state index in [9.17, 15) is 43.8 Å². The van der Waals surface area contributed by atoms with Crippen molar-refractivity contribution in [3.05, 3.63) is 59.7 Å². The summed E-state index contributed by atoms with van der Waals surface area (Å²) in [6.07, 6.45) is 2.47. The Kier molecular flexibility index (Phi) is 21.9. The standard InChI is InChI=1S/C40H61BN8O11/c1-6-7-10-27-12-14-28(15-13-27)29-16-18-30(19-17-29)37(55)48-32(22-50)39(57)45-24(2)35(53)43-21-33(52)49(5)34(26(4)51)40(58)46-25(3)36(54)47-31(11-8-9-20-42)38(56)44-23-41(59)60/h12-19,24-26,31-32,34,50-51,59-60H,6-11,20-23,42H2,1-5H3,(H,43,53)(H,44,56)(H,45,57)(H,46,58)(H,47,54)(H,48,55)/t24-,25+,26?,31+,32-,34+/m1/s1. The maximum atomic E-state index is 13.2. The Morgan fingerprint density at radius 3 is 1.85 bits per heavy atom. The summed E-state index contributed by atoms with van der Waals surface area (Å²) in [5.74, 6) is -5.53. The van der Waals surface area contributed by atoms with E-state index >= 15 is 0 Å². The van der Waals surface area contributed by atoms with Gasteiger partial charge in [-0.25, -0.2) is 0 Å². The van der Waals surface area contributed by atoms with E-state index in [1.165, 1.54) is 33.4 Å². The Hall–Kier alpha value is -5.41. The molecular weight excluding hydrogens is 779 g/mol. The van der Waals surface area contributed by atoms with Gasteiger partial charge in [0.25, 0.3) is 5.91 Å². The molecule has 2 aromatic carbocycles. The van der Waals surface area contributed by atoms with Crippen molar-refractivity contribution >= 4 is 48.5 Å². The third-order valence-corrected chi connectivity index (χ3v) is 9.55. The number of nitrogens with zero attached hydrogens (tertiary/aromatic N) is 1. The van der Waals surface area contributed by atoms with E-state index < -0.39 is 104 Å². The molecule has 0 aliphatic rings. The molecule has 0 radical (unpaired) electrons. The molecule has 12 N–H and O–H groups in total. The number of aliphatic hydroxyl groups is 2. The minimum Gasteiger partial charge on any atom is -0.426 e. The number of aryl methyl sites for hydroxylation is 1. The highest BCUT2D eigenvalue weighted by Gasteiger charge is 2.34. The molecular formula is C40H61BN8O11. The monoisotopic (exact) mass is 840 g/mol. The van der Waals surface area contributed by atoms with Gasteiger partial charge in [-0.2, -0.15) is 0 Å². The van der Waals surface area contributed by atoms with Gasteiger partial charge in [-0.3, -0.25) is 33.6 Å². The molecule has 1 unspecified atom stereocenters. The minimum atomic E-state index is -1.81. The molecule has 0 heterocycles. The summed E-state index contributed by atoms with van der Waals surface area (Å²) in [5.41, 5.74) is 8.87. The summed E-state index contributed by atoms with van der Waals surface area (Å²) in [7, 11) is -0.615. The van der Waals surface area contributed by atoms with Crippen molar-refractivity contribution in [1.29, 1.82) is 0 Å². The molecule has 60 heavy (non-hydrogen) atoms. The molecule has 2 aromatic rings. The Balaban J connectivity index is 1.93. The van der Waals surface area contributed by atoms with Crippen LogP contribution in [0.3, 0.4) is 0 Å². The number of hydrogen-bond acceptors (Lipinski definition) is 12. The van der Waals surface area contributed by atoms with Crippen LogP contribution in [0, 0.1) is 0 Å². The summed E-state index contributed by atoms with van der Waals surface area (Å²) in [6.45, 7) is 4.91. The van der Waals surface area contributed by atoms with Crippen LogP contribution in [0.5, 0.6) is 0 Å². The summed E-state index contributed by atoms with van der Waals surface area (Å²) < 4.78 is 0. The normalized spacial score (nSPS) is 13.9. The van der Waals surface area contributed by atoms with Crippen molar-refractivity contribution in [2.45, 2.75) is 103 Å². The van der Waals surface area contributed by atoms with Crippen molar-refractivity contribution in [1.82, 2.24) is 36.8 Å². The molecule has 19 nitrogen and oxygen atoms in total. The van der Waals surface area contributed by atoms with Crippen LogP contribution in [-0.2, 0) is 35.2 Å². The molecule has 0 aromatic heterocycles. The fourth-order valence-electron chi connectivity index (χ4n) is 5.93. The van der Waals surface area contributed by atoms with Gasteiger partial charge in [-0.05, 0) is 88.2 Å². The first-order valence-electron chi connectivity index (χ1n) is 20.0. The molecule has 0 spiro atoms. The van der Waals surface area contributed by atoms with Crippen LogP contribution < -0.4 is 37.6 Å². The number of aliphatic hydroxyl groups excluding tert-OH is 2. The largest absolute Gasteiger partial charge is 0.472 e. The fraction of sp³-hybridized carbons (Fsp3) is 0.525. The lowest BCUT2D eigenvalue weighted by atomic mass is 9.92. The number of unbranched alkanes of at least 4 members (excludes halogenated alkanes) is 2. The average molecular weight is 841 g/mol. The smallest absolute Gasteiger partial charge is 0.426 e. The maximum Gasteiger partial charge on any atom is 0.472 e. The molecule has 2 rings (SSSR count). The molecule has 20 heteroatoms. The summed E-state index contributed by atoms with van der Waals surface area (Å²) in [6, 6.07) is 8.38. The lowest BCUT2D eigenvalue weighted by Crippen LogP contribution is -2.59. The van der Waals surface area contributed by atoms with Crippen molar-refractivity contribution in [3.8, 4) is 11.1 Å². The van der Waals surface area contributed by atoms with Gasteiger partial charge in [0.2, 0.25) is 35.4 Å². The SMILES string of the molecule is CCCCc1ccc(-c2ccc(C(=O)N[C@H](CO)C(=O)N[C@H](C)C(=O)NCC(=O)N(C)[C@H](C(=O)N[C@@H](C)C(=O)N[C@@H](CCCCN)C(=O)NCB(O)O)C(C)O)cc2)cc1. The van der Waals surface area contributed by atoms with Gasteiger partial charge in [0, 0.05) is 12.6 Å². The molecule has 0 bridgehead atoms. The quantitative estimate of drug-likeness (QED) is 0.0378. The first-order chi connectivity index (χ1) is 28.4. The number of likely N-dealkylation sites (N-methyl/N-ethyl adjacent to an activating group) is 1. The van der Waals surface area contributed by atoms with Crippen LogP contribution in [0.4, 0.5) is 0 Å². The van der Waals surface area contributed by atoms with Crippen molar-refractivity contribution < 1.29 is 53.8 Å². The summed E-state index contributed by atoms with van der Waals surface area (Å²) in [5, 5.41) is 52.8. The van der Waals surface area contributed by atoms with Crippen molar-refractivity contribution in [2.24, 2.45) is 5.73 Å². The van der Waals surface area contributed by atoms with Crippen molar-refractivity contribution in [2.75, 3.05) is 33.2 Å². The maximum absolute atomic E-state index is 13.2. The third kappa shape index (κ3) is 16.7. The lowest BCUT2D eigenvalue weighted by Gasteiger charge is -2.30. The van der Waals surface area contributed by atoms with Gasteiger partial charge in [0.1, 0.15) is 30.2 Å². The Morgan fingerprint density at radius 1 is 0.717 bits per heavy atom. The number of nitrogens with one attached hydrogen (secondary N) is 6. The van der Waals surface area contributed by atoms with Gasteiger partial charge in [-0.1, -0.05) is 49.7 Å². The van der Waals surface area contributed by atoms with Crippen LogP contribution in [0.1, 0.15) is 75.7 Å². The molecule has 0 saturated carbocycles. The van der Waals surface area contributed by atoms with Gasteiger partial charge in [0.15, 0.2) is 0 Å². The van der Waals surface area contributed by atoms with Crippen LogP contribution >= 0.6 is 0 Å². The van der Waals surface area contributed by atoms with E-state index in [2.05, 4.69) is 51.0 Å². The summed E-state index contributed by atoms with van der Waals surface area (Å²) in [4.78, 5) is 91.4. The van der Waals surface area contributed by atoms with E-state index in [-0.39, 0.29) is 12.0 Å². The Morgan fingerprint density at radius 2 is 1.30 bits per heavy atom. The van der Waals surface area contributed by atoms with E-state index in [1.54, 1.807) is 24.3 Å². The van der Waals surface area contributed by atoms with Crippen molar-refractivity contribution in [3.63, 3.8) is 0 Å². The predicted octanol–water partition coefficient (Wildman–Crippen LogP) is -2.14. The topological polar surface area (TPSA) is 302 Å². The number of rotatable bonds is 25. The molecule has 0 aliphatic carbocycles. The number of benzene rings is 2. The van der Waals surface area contributed by atoms with Crippen LogP contribution in [0.25, 0.3) is 11.1 Å². The average Bonchev–Trinajstić information content (AvgIpc) is 3.22. The molecule has 7 amide bonds. The highest BCUT2D eigenvalue weighted by molar-refractivity contribution is 6.41. The molecule has 0 fully saturated rings. The second-order valence-electron chi connectivity index (χ2n) is 14.5. The van der Waals surface area contributed by atoms with E-state index in [4.69, 9.17) is 15.8 Å². The van der Waals surface area contributed by atoms with Gasteiger partial charge < -0.3 is 62.8 Å². The number of nitrogens with two attached hydrogens (primary N) is 1. The third-order valence-electron chi connectivity index (χ3n) is 9.55. The second-order valence-corrected chi connectivity index (χ2v) is 14.5. The van der Waals surface area contributed by atoms with E-state index in [1.807, 2.05) is 12.1 Å². The minimum absolute atomic E-state index is 0.168. The highest BCUT2D eigenvalue weighted by atomic mass is 16.4. The number of carbonyl (C=O) groups excluding carboxylic acids is 7. The van der Waals surface area contributed by atoms with Crippen LogP contribution in [-0.4, -0.2) is 143 Å². The number of carbonyl (C=O) groups is 7. The molecule has 6 atom stereocenters. The van der Waals surface area contributed by atoms with Gasteiger partial charge in [0.05, 0.1) is 25.7 Å². The van der Waals surface area contributed by atoms with Crippen LogP contribution in [0.2, 0.25) is 0 Å². The number of hydrogen-bond donors (Lipinski definition) is 11. The Bertz CT molecular complexity index is 1730. The zero-order valence-corrected chi connectivity index (χ0v) is 34.9. The van der Waals surface area contributed by atoms with E-state index in [0.717, 1.165) is 35.3 Å². The predicted molar refractivity (Wildman–Crippen MR) is 223 cm³/mol. The molecule has 0 saturated heterocycles. The second kappa shape index (κ2) is 25.9. The number of amides is 7. The first kappa shape index (κ1) is 50.7. The van der Waals surface area contributed by atoms with Gasteiger partial charge in [-0.15, -0.1) is 0 Å². The summed E-state index contributed by atoms with van der Waals surface area (Å²) >= 11 is 0. The zero-order valence-electron chi connectivity index (χ0n) is 34.9. The van der Waals surface area contributed by atoms with Crippen LogP contribution in [0.15, 0.2) is 48.5 Å². The molecule has 0 aliphatic heterocycles. The first-order valence-corrected chi connectivity index (χ1v) is 20.0. The lowest BCUT2D eigenvalue weighted by molar-refractivity contribution is -0.144. The van der Waals surface area contributed by atoms with Gasteiger partial charge >= 0.3 is 7.12 Å². The zero-order chi connectivity index (χ0) is 44.9. The fourth-order valence-corrected chi connectivity index (χ4v) is 5.93. The van der Waals surface area contributed by atoms with E-state index in [0.29, 0.717) is 19.4 Å². The molecule has 330 valence electrons.